The summed E-state index contributed by atoms with van der Waals surface area (Å²) in [7, 11) is 5.73. The van der Waals surface area contributed by atoms with Gasteiger partial charge in [0, 0.05) is 31.9 Å². The zero-order valence-corrected chi connectivity index (χ0v) is 20.5. The molecule has 2 N–H and O–H groups in total. The smallest absolute Gasteiger partial charge is 0.191 e. The van der Waals surface area contributed by atoms with E-state index in [0.717, 1.165) is 33.3 Å². The number of thiazole rings is 1. The predicted octanol–water partition coefficient (Wildman–Crippen LogP) is 4.40. The van der Waals surface area contributed by atoms with E-state index in [2.05, 4.69) is 20.6 Å². The van der Waals surface area contributed by atoms with Crippen LogP contribution in [0, 0.1) is 0 Å². The zero-order valence-electron chi connectivity index (χ0n) is 17.4. The lowest BCUT2D eigenvalue weighted by Gasteiger charge is -2.15. The van der Waals surface area contributed by atoms with Crippen molar-refractivity contribution < 1.29 is 9.15 Å². The average molecular weight is 529 g/mol. The van der Waals surface area contributed by atoms with Crippen molar-refractivity contribution in [3.05, 3.63) is 41.1 Å². The Morgan fingerprint density at radius 2 is 2.17 bits per heavy atom. The number of guanidine groups is 1. The minimum absolute atomic E-state index is 0. The van der Waals surface area contributed by atoms with Crippen LogP contribution < -0.4 is 20.3 Å². The maximum absolute atomic E-state index is 6.06. The maximum Gasteiger partial charge on any atom is 0.191 e. The third-order valence-corrected chi connectivity index (χ3v) is 5.25. The van der Waals surface area contributed by atoms with Crippen LogP contribution in [0.15, 0.2) is 39.1 Å². The van der Waals surface area contributed by atoms with E-state index in [0.29, 0.717) is 19.1 Å². The molecule has 0 spiro atoms. The average Bonchev–Trinajstić information content (AvgIpc) is 3.32. The quantitative estimate of drug-likeness (QED) is 0.269. The van der Waals surface area contributed by atoms with E-state index < -0.39 is 0 Å². The number of nitrogens with zero attached hydrogens (tertiary/aromatic N) is 3. The molecule has 0 aliphatic heterocycles. The molecule has 1 aromatic carbocycles. The Morgan fingerprint density at radius 1 is 1.38 bits per heavy atom. The van der Waals surface area contributed by atoms with Gasteiger partial charge in [0.2, 0.25) is 0 Å². The first-order valence-electron chi connectivity index (χ1n) is 9.26. The number of aromatic nitrogens is 1. The summed E-state index contributed by atoms with van der Waals surface area (Å²) in [6.45, 7) is 5.21. The lowest BCUT2D eigenvalue weighted by atomic mass is 10.2. The van der Waals surface area contributed by atoms with Gasteiger partial charge in [-0.15, -0.1) is 35.3 Å². The monoisotopic (exact) mass is 529 g/mol. The molecule has 9 heteroatoms. The van der Waals surface area contributed by atoms with Crippen molar-refractivity contribution in [2.24, 2.45) is 4.99 Å². The Labute approximate surface area is 192 Å². The summed E-state index contributed by atoms with van der Waals surface area (Å²) in [4.78, 5) is 10.9. The molecule has 0 aliphatic carbocycles. The number of benzene rings is 1. The van der Waals surface area contributed by atoms with E-state index in [1.54, 1.807) is 18.4 Å². The predicted molar refractivity (Wildman–Crippen MR) is 131 cm³/mol. The van der Waals surface area contributed by atoms with Gasteiger partial charge in [-0.25, -0.2) is 4.98 Å². The van der Waals surface area contributed by atoms with Gasteiger partial charge in [0.25, 0.3) is 0 Å². The van der Waals surface area contributed by atoms with Gasteiger partial charge >= 0.3 is 0 Å². The van der Waals surface area contributed by atoms with Crippen molar-refractivity contribution in [2.45, 2.75) is 26.4 Å². The fourth-order valence-electron chi connectivity index (χ4n) is 2.77. The maximum atomic E-state index is 6.06. The number of hydrogen-bond donors (Lipinski definition) is 2. The van der Waals surface area contributed by atoms with Gasteiger partial charge in [0.15, 0.2) is 22.4 Å². The molecule has 3 aromatic rings. The largest absolute Gasteiger partial charge is 0.490 e. The summed E-state index contributed by atoms with van der Waals surface area (Å²) in [6.07, 6.45) is 0. The van der Waals surface area contributed by atoms with Gasteiger partial charge in [-0.05, 0) is 26.0 Å². The second-order valence-electron chi connectivity index (χ2n) is 6.56. The number of para-hydroxylation sites is 1. The number of aliphatic imine (C=N–C) groups is 1. The van der Waals surface area contributed by atoms with Crippen LogP contribution in [0.4, 0.5) is 5.13 Å². The van der Waals surface area contributed by atoms with Gasteiger partial charge in [-0.2, -0.15) is 0 Å². The molecule has 1 atom stereocenters. The third-order valence-electron chi connectivity index (χ3n) is 4.19. The fourth-order valence-corrected chi connectivity index (χ4v) is 3.53. The molecule has 3 rings (SSSR count). The molecule has 0 aliphatic rings. The molecular formula is C20H28IN5O2S. The van der Waals surface area contributed by atoms with E-state index in [4.69, 9.17) is 9.15 Å². The summed E-state index contributed by atoms with van der Waals surface area (Å²) in [5.41, 5.74) is 1.75. The van der Waals surface area contributed by atoms with Crippen LogP contribution in [-0.2, 0) is 6.54 Å². The topological polar surface area (TPSA) is 74.9 Å². The van der Waals surface area contributed by atoms with Crippen molar-refractivity contribution in [1.29, 1.82) is 0 Å². The Hall–Kier alpha value is -2.01. The Morgan fingerprint density at radius 3 is 2.83 bits per heavy atom. The first-order chi connectivity index (χ1) is 13.5. The highest BCUT2D eigenvalue weighted by Crippen LogP contribution is 2.31. The van der Waals surface area contributed by atoms with Gasteiger partial charge in [-0.1, -0.05) is 12.1 Å². The molecule has 158 valence electrons. The standard InChI is InChI=1S/C20H27N5O2S.HI/c1-6-26-16-9-7-8-14-10-17(27-18(14)16)13(2)23-19(21-3)22-11-15-12-28-20(24-15)25(4)5;/h7-10,12-13H,6,11H2,1-5H3,(H2,21,22,23);1H. The molecule has 0 bridgehead atoms. The number of anilines is 1. The van der Waals surface area contributed by atoms with Gasteiger partial charge in [0.05, 0.1) is 24.9 Å². The van der Waals surface area contributed by atoms with Gasteiger partial charge in [-0.3, -0.25) is 4.99 Å². The summed E-state index contributed by atoms with van der Waals surface area (Å²) in [6, 6.07) is 7.90. The van der Waals surface area contributed by atoms with Crippen LogP contribution in [0.3, 0.4) is 0 Å². The molecule has 1 unspecified atom stereocenters. The third kappa shape index (κ3) is 5.75. The van der Waals surface area contributed by atoms with Crippen LogP contribution in [-0.4, -0.2) is 38.7 Å². The highest BCUT2D eigenvalue weighted by Gasteiger charge is 2.15. The van der Waals surface area contributed by atoms with E-state index in [1.165, 1.54) is 0 Å². The van der Waals surface area contributed by atoms with Crippen LogP contribution in [0.1, 0.15) is 31.3 Å². The fraction of sp³-hybridized carbons (Fsp3) is 0.400. The number of hydrogen-bond acceptors (Lipinski definition) is 6. The highest BCUT2D eigenvalue weighted by molar-refractivity contribution is 14.0. The van der Waals surface area contributed by atoms with Crippen molar-refractivity contribution in [2.75, 3.05) is 32.6 Å². The molecule has 0 radical (unpaired) electrons. The molecule has 0 amide bonds. The summed E-state index contributed by atoms with van der Waals surface area (Å²) >= 11 is 1.62. The van der Waals surface area contributed by atoms with Crippen LogP contribution in [0.2, 0.25) is 0 Å². The number of furan rings is 1. The molecule has 0 saturated heterocycles. The molecular weight excluding hydrogens is 501 g/mol. The number of ether oxygens (including phenoxy) is 1. The number of rotatable bonds is 7. The van der Waals surface area contributed by atoms with Crippen LogP contribution >= 0.6 is 35.3 Å². The summed E-state index contributed by atoms with van der Waals surface area (Å²) in [5, 5.41) is 10.7. The minimum Gasteiger partial charge on any atom is -0.490 e. The van der Waals surface area contributed by atoms with E-state index >= 15 is 0 Å². The molecule has 2 aromatic heterocycles. The zero-order chi connectivity index (χ0) is 20.1. The molecule has 29 heavy (non-hydrogen) atoms. The van der Waals surface area contributed by atoms with E-state index in [9.17, 15) is 0 Å². The van der Waals surface area contributed by atoms with Gasteiger partial charge < -0.3 is 24.7 Å². The van der Waals surface area contributed by atoms with Crippen LogP contribution in [0.25, 0.3) is 11.0 Å². The lowest BCUT2D eigenvalue weighted by molar-refractivity contribution is 0.336. The SMILES string of the molecule is CCOc1cccc2cc(C(C)NC(=NC)NCc3csc(N(C)C)n3)oc12.I. The van der Waals surface area contributed by atoms with E-state index in [-0.39, 0.29) is 30.0 Å². The van der Waals surface area contributed by atoms with Crippen molar-refractivity contribution >= 4 is 57.4 Å². The lowest BCUT2D eigenvalue weighted by Crippen LogP contribution is -2.38. The number of fused-ring (bicyclic) bond motifs is 1. The Balaban J connectivity index is 0.00000300. The normalized spacial score (nSPS) is 12.4. The van der Waals surface area contributed by atoms with Crippen molar-refractivity contribution in [3.8, 4) is 5.75 Å². The highest BCUT2D eigenvalue weighted by atomic mass is 127. The van der Waals surface area contributed by atoms with E-state index in [1.807, 2.05) is 62.5 Å². The van der Waals surface area contributed by atoms with Gasteiger partial charge in [0.1, 0.15) is 5.76 Å². The first kappa shape index (κ1) is 23.3. The molecule has 2 heterocycles. The molecule has 7 nitrogen and oxygen atoms in total. The van der Waals surface area contributed by atoms with Crippen LogP contribution in [0.5, 0.6) is 5.75 Å². The summed E-state index contributed by atoms with van der Waals surface area (Å²) < 4.78 is 11.7. The second kappa shape index (κ2) is 10.7. The molecule has 0 fully saturated rings. The van der Waals surface area contributed by atoms with Crippen molar-refractivity contribution in [1.82, 2.24) is 15.6 Å². The number of nitrogens with one attached hydrogen (secondary N) is 2. The minimum atomic E-state index is -0.0548. The second-order valence-corrected chi connectivity index (χ2v) is 7.40. The first-order valence-corrected chi connectivity index (χ1v) is 10.1. The molecule has 0 saturated carbocycles. The Bertz CT molecular complexity index is 953. The summed E-state index contributed by atoms with van der Waals surface area (Å²) in [5.74, 6) is 2.28. The number of halogens is 1. The van der Waals surface area contributed by atoms with Crippen molar-refractivity contribution in [3.63, 3.8) is 0 Å². The Kier molecular flexibility index (Phi) is 8.57.